The Morgan fingerprint density at radius 3 is 2.48 bits per heavy atom. The van der Waals surface area contributed by atoms with E-state index < -0.39 is 29.7 Å². The molecule has 112 valence electrons. The van der Waals surface area contributed by atoms with E-state index in [1.54, 1.807) is 6.07 Å². The average molecular weight is 300 g/mol. The van der Waals surface area contributed by atoms with E-state index in [-0.39, 0.29) is 5.69 Å². The first-order valence-electron chi connectivity index (χ1n) is 5.72. The summed E-state index contributed by atoms with van der Waals surface area (Å²) in [6.07, 6.45) is -5.58. The van der Waals surface area contributed by atoms with Crippen molar-refractivity contribution in [3.05, 3.63) is 47.3 Å². The number of benzene rings is 1. The Morgan fingerprint density at radius 1 is 1.29 bits per heavy atom. The van der Waals surface area contributed by atoms with Crippen LogP contribution in [0, 0.1) is 0 Å². The van der Waals surface area contributed by atoms with Crippen molar-refractivity contribution in [2.24, 2.45) is 11.5 Å². The molecule has 5 N–H and O–H groups in total. The zero-order valence-electron chi connectivity index (χ0n) is 10.5. The van der Waals surface area contributed by atoms with Crippen molar-refractivity contribution in [2.45, 2.75) is 12.3 Å². The molecule has 0 atom stereocenters. The molecule has 1 aromatic heterocycles. The number of aromatic nitrogens is 2. The summed E-state index contributed by atoms with van der Waals surface area (Å²) in [7, 11) is 0. The summed E-state index contributed by atoms with van der Waals surface area (Å²) < 4.78 is 38.7. The maximum absolute atomic E-state index is 12.7. The number of carbonyl (C=O) groups is 1. The fraction of sp³-hybridized carbons (Fsp3) is 0.167. The average Bonchev–Trinajstić information content (AvgIpc) is 2.84. The lowest BCUT2D eigenvalue weighted by atomic mass is 10.1. The summed E-state index contributed by atoms with van der Waals surface area (Å²) in [5.74, 6) is -1.53. The molecule has 9 heteroatoms. The number of nitrogens with two attached hydrogens (primary N) is 2. The van der Waals surface area contributed by atoms with Crippen LogP contribution in [0.25, 0.3) is 5.69 Å². The number of halogens is 3. The lowest BCUT2D eigenvalue weighted by molar-refractivity contribution is -0.141. The highest BCUT2D eigenvalue weighted by molar-refractivity contribution is 5.86. The molecule has 0 fully saturated rings. The molecule has 0 radical (unpaired) electrons. The van der Waals surface area contributed by atoms with Crippen molar-refractivity contribution >= 4 is 5.97 Å². The van der Waals surface area contributed by atoms with Gasteiger partial charge in [0.1, 0.15) is 0 Å². The van der Waals surface area contributed by atoms with Crippen LogP contribution in [0.3, 0.4) is 0 Å². The molecular weight excluding hydrogens is 289 g/mol. The molecule has 21 heavy (non-hydrogen) atoms. The molecule has 0 saturated carbocycles. The van der Waals surface area contributed by atoms with E-state index in [1.165, 1.54) is 18.2 Å². The lowest BCUT2D eigenvalue weighted by Gasteiger charge is -2.09. The van der Waals surface area contributed by atoms with E-state index in [0.717, 1.165) is 0 Å². The van der Waals surface area contributed by atoms with Gasteiger partial charge in [0.25, 0.3) is 0 Å². The number of carboxylic acid groups (broad SMARTS) is 1. The molecule has 2 rings (SSSR count). The number of hydrogen-bond acceptors (Lipinski definition) is 4. The van der Waals surface area contributed by atoms with Gasteiger partial charge in [-0.3, -0.25) is 0 Å². The van der Waals surface area contributed by atoms with Gasteiger partial charge < -0.3 is 16.6 Å². The van der Waals surface area contributed by atoms with E-state index in [0.29, 0.717) is 16.3 Å². The Kier molecular flexibility index (Phi) is 3.71. The van der Waals surface area contributed by atoms with Crippen LogP contribution in [0.15, 0.2) is 30.3 Å². The third kappa shape index (κ3) is 3.03. The second-order valence-corrected chi connectivity index (χ2v) is 4.25. The van der Waals surface area contributed by atoms with E-state index in [1.807, 2.05) is 0 Å². The standard InChI is InChI=1S/C12H11F3N4O2/c13-12(14,15)9-5-8(11(20)21)19(18-9)7-3-1-2-6(4-7)10(16)17/h1-5,10H,16-17H2,(H,20,21). The molecule has 0 aliphatic rings. The number of rotatable bonds is 3. The maximum Gasteiger partial charge on any atom is 0.435 e. The van der Waals surface area contributed by atoms with Crippen LogP contribution in [-0.4, -0.2) is 20.9 Å². The summed E-state index contributed by atoms with van der Waals surface area (Å²) in [6, 6.07) is 6.33. The largest absolute Gasteiger partial charge is 0.477 e. The Bertz CT molecular complexity index is 679. The molecule has 0 bridgehead atoms. The number of hydrogen-bond donors (Lipinski definition) is 3. The minimum absolute atomic E-state index is 0.126. The van der Waals surface area contributed by atoms with Gasteiger partial charge in [-0.25, -0.2) is 9.48 Å². The van der Waals surface area contributed by atoms with Crippen LogP contribution in [0.5, 0.6) is 0 Å². The second-order valence-electron chi connectivity index (χ2n) is 4.25. The summed E-state index contributed by atoms with van der Waals surface area (Å²) in [5, 5.41) is 12.3. The van der Waals surface area contributed by atoms with Crippen molar-refractivity contribution in [3.8, 4) is 5.69 Å². The second kappa shape index (κ2) is 5.19. The van der Waals surface area contributed by atoms with Crippen molar-refractivity contribution in [1.82, 2.24) is 9.78 Å². The summed E-state index contributed by atoms with van der Waals surface area (Å²) >= 11 is 0. The van der Waals surface area contributed by atoms with Crippen LogP contribution >= 0.6 is 0 Å². The van der Waals surface area contributed by atoms with Gasteiger partial charge in [0.15, 0.2) is 11.4 Å². The Hall–Kier alpha value is -2.39. The third-order valence-corrected chi connectivity index (χ3v) is 2.72. The molecule has 0 aliphatic carbocycles. The monoisotopic (exact) mass is 300 g/mol. The number of carboxylic acids is 1. The van der Waals surface area contributed by atoms with Crippen molar-refractivity contribution < 1.29 is 23.1 Å². The van der Waals surface area contributed by atoms with E-state index in [9.17, 15) is 18.0 Å². The van der Waals surface area contributed by atoms with Crippen LogP contribution in [0.1, 0.15) is 27.9 Å². The predicted octanol–water partition coefficient (Wildman–Crippen LogP) is 1.51. The molecular formula is C12H11F3N4O2. The highest BCUT2D eigenvalue weighted by Crippen LogP contribution is 2.29. The summed E-state index contributed by atoms with van der Waals surface area (Å²) in [6.45, 7) is 0. The molecule has 1 heterocycles. The van der Waals surface area contributed by atoms with Gasteiger partial charge in [-0.1, -0.05) is 12.1 Å². The lowest BCUT2D eigenvalue weighted by Crippen LogP contribution is -2.20. The summed E-state index contributed by atoms with van der Waals surface area (Å²) in [4.78, 5) is 11.1. The van der Waals surface area contributed by atoms with Crippen LogP contribution < -0.4 is 11.5 Å². The van der Waals surface area contributed by atoms with Gasteiger partial charge in [-0.05, 0) is 17.7 Å². The highest BCUT2D eigenvalue weighted by atomic mass is 19.4. The first-order chi connectivity index (χ1) is 9.70. The molecule has 0 unspecified atom stereocenters. The van der Waals surface area contributed by atoms with Crippen molar-refractivity contribution in [1.29, 1.82) is 0 Å². The Labute approximate surface area is 116 Å². The SMILES string of the molecule is NC(N)c1cccc(-n2nc(C(F)(F)F)cc2C(=O)O)c1. The fourth-order valence-corrected chi connectivity index (χ4v) is 1.73. The number of alkyl halides is 3. The van der Waals surface area contributed by atoms with Gasteiger partial charge in [-0.2, -0.15) is 18.3 Å². The van der Waals surface area contributed by atoms with Crippen LogP contribution in [-0.2, 0) is 6.18 Å². The molecule has 6 nitrogen and oxygen atoms in total. The van der Waals surface area contributed by atoms with Crippen molar-refractivity contribution in [2.75, 3.05) is 0 Å². The van der Waals surface area contributed by atoms with E-state index >= 15 is 0 Å². The number of nitrogens with zero attached hydrogens (tertiary/aromatic N) is 2. The van der Waals surface area contributed by atoms with Gasteiger partial charge in [-0.15, -0.1) is 0 Å². The maximum atomic E-state index is 12.7. The van der Waals surface area contributed by atoms with Gasteiger partial charge >= 0.3 is 12.1 Å². The summed E-state index contributed by atoms with van der Waals surface area (Å²) in [5.41, 5.74) is 9.64. The first kappa shape index (κ1) is 15.0. The van der Waals surface area contributed by atoms with Gasteiger partial charge in [0, 0.05) is 6.07 Å². The molecule has 0 spiro atoms. The Balaban J connectivity index is 2.60. The van der Waals surface area contributed by atoms with Crippen LogP contribution in [0.4, 0.5) is 13.2 Å². The van der Waals surface area contributed by atoms with E-state index in [2.05, 4.69) is 5.10 Å². The molecule has 0 amide bonds. The normalized spacial score (nSPS) is 11.9. The fourth-order valence-electron chi connectivity index (χ4n) is 1.73. The van der Waals surface area contributed by atoms with E-state index in [4.69, 9.17) is 16.6 Å². The molecule has 2 aromatic rings. The highest BCUT2D eigenvalue weighted by Gasteiger charge is 2.36. The smallest absolute Gasteiger partial charge is 0.435 e. The topological polar surface area (TPSA) is 107 Å². The van der Waals surface area contributed by atoms with Gasteiger partial charge in [0.05, 0.1) is 11.9 Å². The molecule has 0 saturated heterocycles. The quantitative estimate of drug-likeness (QED) is 0.745. The Morgan fingerprint density at radius 2 is 1.95 bits per heavy atom. The minimum atomic E-state index is -4.74. The molecule has 1 aromatic carbocycles. The van der Waals surface area contributed by atoms with Crippen molar-refractivity contribution in [3.63, 3.8) is 0 Å². The minimum Gasteiger partial charge on any atom is -0.477 e. The third-order valence-electron chi connectivity index (χ3n) is 2.72. The van der Waals surface area contributed by atoms with Gasteiger partial charge in [0.2, 0.25) is 0 Å². The zero-order chi connectivity index (χ0) is 15.8. The molecule has 0 aliphatic heterocycles. The number of aromatic carboxylic acids is 1. The first-order valence-corrected chi connectivity index (χ1v) is 5.72. The zero-order valence-corrected chi connectivity index (χ0v) is 10.5. The predicted molar refractivity (Wildman–Crippen MR) is 66.6 cm³/mol. The van der Waals surface area contributed by atoms with Crippen LogP contribution in [0.2, 0.25) is 0 Å².